The smallest absolute Gasteiger partial charge is 0.416 e. The highest BCUT2D eigenvalue weighted by molar-refractivity contribution is 6.45. The van der Waals surface area contributed by atoms with Gasteiger partial charge in [0.25, 0.3) is 0 Å². The van der Waals surface area contributed by atoms with E-state index in [0.717, 1.165) is 18.2 Å². The summed E-state index contributed by atoms with van der Waals surface area (Å²) in [5.74, 6) is -0.113. The molecule has 0 spiro atoms. The van der Waals surface area contributed by atoms with Gasteiger partial charge in [-0.05, 0) is 63.0 Å². The van der Waals surface area contributed by atoms with Gasteiger partial charge in [0.05, 0.1) is 17.7 Å². The third kappa shape index (κ3) is 8.00. The van der Waals surface area contributed by atoms with Gasteiger partial charge in [0, 0.05) is 42.9 Å². The number of nitrogens with zero attached hydrogens (tertiary/aromatic N) is 7. The summed E-state index contributed by atoms with van der Waals surface area (Å²) in [6, 6.07) is 4.18. The van der Waals surface area contributed by atoms with E-state index in [4.69, 9.17) is 10.5 Å². The van der Waals surface area contributed by atoms with Gasteiger partial charge < -0.3 is 20.3 Å². The monoisotopic (exact) mass is 719 g/mol. The van der Waals surface area contributed by atoms with Crippen molar-refractivity contribution in [3.8, 4) is 0 Å². The van der Waals surface area contributed by atoms with Crippen LogP contribution in [0.4, 0.5) is 31.1 Å². The van der Waals surface area contributed by atoms with Crippen LogP contribution in [0.25, 0.3) is 0 Å². The second kappa shape index (κ2) is 13.6. The number of rotatable bonds is 6. The summed E-state index contributed by atoms with van der Waals surface area (Å²) in [6.07, 6.45) is -5.37. The molecule has 1 aromatic carbocycles. The van der Waals surface area contributed by atoms with Gasteiger partial charge in [-0.3, -0.25) is 4.90 Å². The van der Waals surface area contributed by atoms with Gasteiger partial charge in [-0.25, -0.2) is 19.8 Å². The minimum absolute atomic E-state index is 0.0163. The molecule has 1 aromatic heterocycles. The van der Waals surface area contributed by atoms with Crippen LogP contribution in [0.2, 0.25) is 0 Å². The number of halogens is 6. The molecule has 3 aliphatic heterocycles. The molecule has 4 heterocycles. The van der Waals surface area contributed by atoms with E-state index in [1.165, 1.54) is 24.5 Å². The van der Waals surface area contributed by atoms with Gasteiger partial charge in [0.2, 0.25) is 5.69 Å². The largest absolute Gasteiger partial charge is 0.444 e. The molecule has 1 saturated heterocycles. The van der Waals surface area contributed by atoms with Crippen LogP contribution >= 0.6 is 0 Å². The second-order valence-electron chi connectivity index (χ2n) is 13.5. The summed E-state index contributed by atoms with van der Waals surface area (Å²) in [6.45, 7) is 6.54. The number of aliphatic imine (C=N–C) groups is 3. The lowest BCUT2D eigenvalue weighted by Crippen LogP contribution is -2.54. The average molecular weight is 720 g/mol. The Kier molecular flexibility index (Phi) is 9.56. The number of piperazine rings is 1. The molecule has 2 atom stereocenters. The molecule has 1 aliphatic carbocycles. The zero-order valence-electron chi connectivity index (χ0n) is 28.0. The Balaban J connectivity index is 1.38. The van der Waals surface area contributed by atoms with Crippen LogP contribution in [0.3, 0.4) is 0 Å². The minimum atomic E-state index is -4.77. The summed E-state index contributed by atoms with van der Waals surface area (Å²) >= 11 is 0. The molecule has 0 bridgehead atoms. The van der Waals surface area contributed by atoms with Crippen LogP contribution in [0.15, 0.2) is 80.1 Å². The zero-order chi connectivity index (χ0) is 36.7. The number of aromatic amines is 2. The van der Waals surface area contributed by atoms with Gasteiger partial charge in [0.15, 0.2) is 18.2 Å². The molecule has 0 radical (unpaired) electrons. The van der Waals surface area contributed by atoms with E-state index in [1.54, 1.807) is 36.8 Å². The number of nitrogens with two attached hydrogens (primary N) is 1. The maximum atomic E-state index is 14.8. The molecule has 0 saturated carbocycles. The number of hydrogen-bond acceptors (Lipinski definition) is 9. The van der Waals surface area contributed by atoms with Crippen molar-refractivity contribution < 1.29 is 41.0 Å². The topological polar surface area (TPSA) is 142 Å². The molecule has 1 fully saturated rings. The molecular weight excluding hydrogens is 682 g/mol. The van der Waals surface area contributed by atoms with Gasteiger partial charge >= 0.3 is 18.4 Å². The molecule has 4 N–H and O–H groups in total. The Bertz CT molecular complexity index is 1810. The highest BCUT2D eigenvalue weighted by Gasteiger charge is 2.44. The van der Waals surface area contributed by atoms with E-state index >= 15 is 0 Å². The Morgan fingerprint density at radius 3 is 2.35 bits per heavy atom. The zero-order valence-corrected chi connectivity index (χ0v) is 28.0. The maximum absolute atomic E-state index is 14.8. The fourth-order valence-corrected chi connectivity index (χ4v) is 6.42. The summed E-state index contributed by atoms with van der Waals surface area (Å²) in [4.78, 5) is 30.9. The third-order valence-corrected chi connectivity index (χ3v) is 8.83. The molecule has 4 aliphatic rings. The number of nitrogens with one attached hydrogen (secondary N) is 2. The van der Waals surface area contributed by atoms with E-state index in [9.17, 15) is 31.1 Å². The molecule has 51 heavy (non-hydrogen) atoms. The fraction of sp³-hybridized carbons (Fsp3) is 0.455. The first kappa shape index (κ1) is 35.8. The predicted molar refractivity (Wildman–Crippen MR) is 174 cm³/mol. The summed E-state index contributed by atoms with van der Waals surface area (Å²) in [5, 5.41) is 9.43. The number of allylic oxidation sites excluding steroid dienone is 4. The Morgan fingerprint density at radius 2 is 1.75 bits per heavy atom. The Hall–Kier alpha value is -5.00. The summed E-state index contributed by atoms with van der Waals surface area (Å²) in [7, 11) is 0. The first-order valence-corrected chi connectivity index (χ1v) is 16.2. The number of alkyl halides is 6. The first-order chi connectivity index (χ1) is 24.0. The number of H-pyrrole nitrogens is 2. The number of aromatic nitrogens is 3. The van der Waals surface area contributed by atoms with Crippen molar-refractivity contribution in [2.75, 3.05) is 26.2 Å². The van der Waals surface area contributed by atoms with Gasteiger partial charge in [-0.15, -0.1) is 0 Å². The third-order valence-electron chi connectivity index (χ3n) is 8.83. The van der Waals surface area contributed by atoms with Crippen molar-refractivity contribution in [2.24, 2.45) is 20.7 Å². The lowest BCUT2D eigenvalue weighted by atomic mass is 9.84. The van der Waals surface area contributed by atoms with Crippen LogP contribution in [0.5, 0.6) is 0 Å². The van der Waals surface area contributed by atoms with Gasteiger partial charge in [-0.2, -0.15) is 31.4 Å². The standard InChI is InChI=1S/C33H36F6N10O2/c1-31(2,3)51-30(50)48-12-10-47(11-13-48)25(14-19-4-7-21(8-5-19)32(34,35)36)20-6-9-24(33(37,38)39)23(15-20)28-44-27(40)26-29(42-18-41-26)49(28)17-22-16-43-46-45-22/h4-9,16,18,25,29H,10-15,17H2,1-3H3,(H2,40,44)(H,43,45,46)/p+1/t25-,29?/m0/s1. The highest BCUT2D eigenvalue weighted by Crippen LogP contribution is 2.43. The number of amidine groups is 1. The van der Waals surface area contributed by atoms with Gasteiger partial charge in [0.1, 0.15) is 23.5 Å². The molecule has 1 amide bonds. The number of carbonyl (C=O) groups is 1. The van der Waals surface area contributed by atoms with E-state index in [0.29, 0.717) is 35.6 Å². The van der Waals surface area contributed by atoms with Crippen molar-refractivity contribution in [3.63, 3.8) is 0 Å². The number of ether oxygens (including phenoxy) is 1. The molecule has 6 rings (SSSR count). The number of benzene rings is 1. The number of hydrogen-bond donors (Lipinski definition) is 2. The van der Waals surface area contributed by atoms with Crippen molar-refractivity contribution in [2.45, 2.75) is 70.3 Å². The Labute approximate surface area is 289 Å². The minimum Gasteiger partial charge on any atom is -0.444 e. The predicted octanol–water partition coefficient (Wildman–Crippen LogP) is 4.42. The van der Waals surface area contributed by atoms with E-state index in [2.05, 4.69) is 30.4 Å². The molecule has 12 nitrogen and oxygen atoms in total. The van der Waals surface area contributed by atoms with Crippen molar-refractivity contribution in [3.05, 3.63) is 82.0 Å². The number of carbonyl (C=O) groups excluding carboxylic acids is 1. The lowest BCUT2D eigenvalue weighted by Gasteiger charge is -2.41. The van der Waals surface area contributed by atoms with Crippen LogP contribution in [0.1, 0.15) is 44.0 Å². The van der Waals surface area contributed by atoms with Gasteiger partial charge in [-0.1, -0.05) is 23.4 Å². The number of amides is 1. The second-order valence-corrected chi connectivity index (χ2v) is 13.5. The summed E-state index contributed by atoms with van der Waals surface area (Å²) < 4.78 is 89.9. The van der Waals surface area contributed by atoms with Crippen LogP contribution in [-0.4, -0.2) is 99.2 Å². The molecular formula is C33H37F6N10O2+. The molecule has 2 aromatic rings. The van der Waals surface area contributed by atoms with Crippen LogP contribution in [0, 0.1) is 0 Å². The average Bonchev–Trinajstić information content (AvgIpc) is 3.77. The van der Waals surface area contributed by atoms with E-state index in [-0.39, 0.29) is 49.7 Å². The van der Waals surface area contributed by atoms with Crippen LogP contribution < -0.4 is 10.8 Å². The normalized spacial score (nSPS) is 22.3. The van der Waals surface area contributed by atoms with Crippen LogP contribution in [-0.2, 0) is 23.9 Å². The number of fused-ring (bicyclic) bond motifs is 1. The molecule has 18 heteroatoms. The maximum Gasteiger partial charge on any atom is 0.416 e. The van der Waals surface area contributed by atoms with E-state index < -0.39 is 47.4 Å². The summed E-state index contributed by atoms with van der Waals surface area (Å²) in [5.41, 5.74) is 5.57. The molecule has 272 valence electrons. The first-order valence-electron chi connectivity index (χ1n) is 16.2. The Morgan fingerprint density at radius 1 is 1.04 bits per heavy atom. The van der Waals surface area contributed by atoms with Crippen molar-refractivity contribution in [1.82, 2.24) is 25.0 Å². The lowest BCUT2D eigenvalue weighted by molar-refractivity contribution is -0.455. The SMILES string of the molecule is CC(C)(C)OC(=O)N1CCN([C@@H](Cc2ccc(C(F)(F)F)cc2)C2=CC=C(C(F)(F)F)C(=C3N=C(N)C4=NC=NC4N3Cc3c[nH+][nH]n3)C2)CC1. The highest BCUT2D eigenvalue weighted by atomic mass is 19.4. The van der Waals surface area contributed by atoms with E-state index in [1.807, 2.05) is 4.90 Å². The molecule has 1 unspecified atom stereocenters. The fourth-order valence-electron chi connectivity index (χ4n) is 6.42. The van der Waals surface area contributed by atoms with Crippen molar-refractivity contribution >= 4 is 24.0 Å². The van der Waals surface area contributed by atoms with Crippen molar-refractivity contribution in [1.29, 1.82) is 0 Å². The quantitative estimate of drug-likeness (QED) is 0.424.